The van der Waals surface area contributed by atoms with Crippen LogP contribution in [0.2, 0.25) is 0 Å². The number of para-hydroxylation sites is 1. The molecule has 1 amide bonds. The van der Waals surface area contributed by atoms with Gasteiger partial charge in [0.1, 0.15) is 0 Å². The van der Waals surface area contributed by atoms with Crippen molar-refractivity contribution in [3.8, 4) is 5.75 Å². The van der Waals surface area contributed by atoms with Crippen LogP contribution in [-0.2, 0) is 23.2 Å². The van der Waals surface area contributed by atoms with Gasteiger partial charge in [0.25, 0.3) is 0 Å². The van der Waals surface area contributed by atoms with Crippen LogP contribution >= 0.6 is 11.3 Å². The highest BCUT2D eigenvalue weighted by Gasteiger charge is 2.45. The molecule has 0 bridgehead atoms. The van der Waals surface area contributed by atoms with Crippen LogP contribution < -0.4 is 10.1 Å². The maximum absolute atomic E-state index is 13.7. The van der Waals surface area contributed by atoms with E-state index in [0.29, 0.717) is 12.0 Å². The molecule has 3 heterocycles. The zero-order valence-corrected chi connectivity index (χ0v) is 20.3. The molecule has 0 radical (unpaired) electrons. The molecular formula is C26H33FN2O3S. The first-order chi connectivity index (χ1) is 16.0. The summed E-state index contributed by atoms with van der Waals surface area (Å²) in [6.45, 7) is 7.49. The topological polar surface area (TPSA) is 50.8 Å². The van der Waals surface area contributed by atoms with Gasteiger partial charge in [-0.1, -0.05) is 19.1 Å². The number of carbonyl (C=O) groups is 1. The summed E-state index contributed by atoms with van der Waals surface area (Å²) in [5.41, 5.74) is 1.36. The highest BCUT2D eigenvalue weighted by molar-refractivity contribution is 7.12. The van der Waals surface area contributed by atoms with Crippen LogP contribution in [0.3, 0.4) is 0 Å². The zero-order valence-electron chi connectivity index (χ0n) is 19.4. The number of halogens is 1. The average molecular weight is 473 g/mol. The van der Waals surface area contributed by atoms with Gasteiger partial charge in [-0.25, -0.2) is 9.18 Å². The summed E-state index contributed by atoms with van der Waals surface area (Å²) in [5.74, 6) is 0.00100. The molecule has 1 aromatic carbocycles. The quantitative estimate of drug-likeness (QED) is 0.644. The Kier molecular flexibility index (Phi) is 6.47. The SMILES string of the molecule is CCc1cc2c(s1)CCO[C@@]21CCN(CC2CC(NC(=O)Oc3ccccc3F)C2)[C@@H](C)C1. The summed E-state index contributed by atoms with van der Waals surface area (Å²) in [4.78, 5) is 17.7. The lowest BCUT2D eigenvalue weighted by molar-refractivity contribution is -0.114. The van der Waals surface area contributed by atoms with E-state index in [9.17, 15) is 9.18 Å². The fraction of sp³-hybridized carbons (Fsp3) is 0.577. The number of piperidine rings is 1. The first-order valence-corrected chi connectivity index (χ1v) is 13.0. The predicted octanol–water partition coefficient (Wildman–Crippen LogP) is 5.27. The summed E-state index contributed by atoms with van der Waals surface area (Å²) < 4.78 is 25.2. The van der Waals surface area contributed by atoms with Crippen LogP contribution in [0.15, 0.2) is 30.3 Å². The second kappa shape index (κ2) is 9.35. The standard InChI is InChI=1S/C26H33FN2O3S/c1-3-20-14-21-24(33-20)8-11-31-26(21)9-10-29(17(2)15-26)16-18-12-19(13-18)28-25(30)32-23-7-5-4-6-22(23)27/h4-7,14,17-19H,3,8-13,15-16H2,1-2H3,(H,28,30)/t17-,18?,19?,26+/m0/s1. The molecule has 7 heteroatoms. The van der Waals surface area contributed by atoms with Crippen LogP contribution in [0.4, 0.5) is 9.18 Å². The number of hydrogen-bond acceptors (Lipinski definition) is 5. The van der Waals surface area contributed by atoms with Gasteiger partial charge in [0.2, 0.25) is 0 Å². The van der Waals surface area contributed by atoms with E-state index in [1.165, 1.54) is 27.5 Å². The Morgan fingerprint density at radius 2 is 2.18 bits per heavy atom. The Hall–Kier alpha value is -1.96. The zero-order chi connectivity index (χ0) is 23.0. The smallest absolute Gasteiger partial charge is 0.407 e. The molecule has 178 valence electrons. The molecule has 1 N–H and O–H groups in total. The minimum Gasteiger partial charge on any atom is -0.407 e. The van der Waals surface area contributed by atoms with E-state index in [-0.39, 0.29) is 17.4 Å². The first-order valence-electron chi connectivity index (χ1n) is 12.2. The van der Waals surface area contributed by atoms with Gasteiger partial charge in [0.15, 0.2) is 11.6 Å². The number of aryl methyl sites for hydroxylation is 1. The molecule has 5 nitrogen and oxygen atoms in total. The lowest BCUT2D eigenvalue weighted by Crippen LogP contribution is -2.54. The number of benzene rings is 1. The number of thiophene rings is 1. The number of likely N-dealkylation sites (tertiary alicyclic amines) is 1. The van der Waals surface area contributed by atoms with E-state index in [1.807, 2.05) is 11.3 Å². The van der Waals surface area contributed by atoms with Crippen molar-refractivity contribution < 1.29 is 18.7 Å². The Labute approximate surface area is 199 Å². The molecule has 33 heavy (non-hydrogen) atoms. The van der Waals surface area contributed by atoms with Crippen molar-refractivity contribution in [3.05, 3.63) is 51.5 Å². The van der Waals surface area contributed by atoms with Gasteiger partial charge in [-0.3, -0.25) is 0 Å². The van der Waals surface area contributed by atoms with Crippen LogP contribution in [0, 0.1) is 11.7 Å². The molecule has 2 aromatic rings. The van der Waals surface area contributed by atoms with Gasteiger partial charge in [-0.2, -0.15) is 0 Å². The number of amides is 1. The minimum atomic E-state index is -0.579. The van der Waals surface area contributed by atoms with Crippen LogP contribution in [0.5, 0.6) is 5.75 Å². The third-order valence-electron chi connectivity index (χ3n) is 7.55. The monoisotopic (exact) mass is 472 g/mol. The van der Waals surface area contributed by atoms with Crippen molar-refractivity contribution in [3.63, 3.8) is 0 Å². The normalized spacial score (nSPS) is 29.4. The summed E-state index contributed by atoms with van der Waals surface area (Å²) in [6, 6.07) is 8.94. The number of fused-ring (bicyclic) bond motifs is 2. The van der Waals surface area contributed by atoms with Crippen molar-refractivity contribution in [2.75, 3.05) is 19.7 Å². The van der Waals surface area contributed by atoms with Gasteiger partial charge in [0.05, 0.1) is 12.2 Å². The molecule has 1 spiro atoms. The molecule has 0 unspecified atom stereocenters. The van der Waals surface area contributed by atoms with E-state index in [2.05, 4.69) is 30.1 Å². The number of carbonyl (C=O) groups excluding carboxylic acids is 1. The molecule has 1 saturated carbocycles. The summed E-state index contributed by atoms with van der Waals surface area (Å²) in [7, 11) is 0. The van der Waals surface area contributed by atoms with E-state index >= 15 is 0 Å². The van der Waals surface area contributed by atoms with Gasteiger partial charge in [-0.15, -0.1) is 11.3 Å². The fourth-order valence-electron chi connectivity index (χ4n) is 5.70. The maximum Gasteiger partial charge on any atom is 0.412 e. The first kappa shape index (κ1) is 22.8. The third kappa shape index (κ3) is 4.68. The molecule has 2 atom stereocenters. The Balaban J connectivity index is 1.10. The van der Waals surface area contributed by atoms with Gasteiger partial charge >= 0.3 is 6.09 Å². The average Bonchev–Trinajstić information content (AvgIpc) is 3.21. The Bertz CT molecular complexity index is 1010. The van der Waals surface area contributed by atoms with Gasteiger partial charge < -0.3 is 19.7 Å². The van der Waals surface area contributed by atoms with Crippen molar-refractivity contribution in [2.24, 2.45) is 5.92 Å². The van der Waals surface area contributed by atoms with Gasteiger partial charge in [-0.05, 0) is 68.7 Å². The number of hydrogen-bond donors (Lipinski definition) is 1. The number of ether oxygens (including phenoxy) is 2. The minimum absolute atomic E-state index is 0.0355. The molecule has 5 rings (SSSR count). The summed E-state index contributed by atoms with van der Waals surface area (Å²) >= 11 is 1.98. The fourth-order valence-corrected chi connectivity index (χ4v) is 6.88. The van der Waals surface area contributed by atoms with Gasteiger partial charge in [0, 0.05) is 41.3 Å². The Morgan fingerprint density at radius 1 is 1.36 bits per heavy atom. The van der Waals surface area contributed by atoms with Crippen LogP contribution in [0.1, 0.15) is 54.8 Å². The number of rotatable bonds is 5. The van der Waals surface area contributed by atoms with E-state index in [4.69, 9.17) is 9.47 Å². The van der Waals surface area contributed by atoms with Crippen molar-refractivity contribution in [1.29, 1.82) is 0 Å². The highest BCUT2D eigenvalue weighted by atomic mass is 32.1. The lowest BCUT2D eigenvalue weighted by atomic mass is 9.76. The number of nitrogens with one attached hydrogen (secondary N) is 1. The molecule has 2 aliphatic heterocycles. The lowest BCUT2D eigenvalue weighted by Gasteiger charge is -2.49. The maximum atomic E-state index is 13.7. The molecule has 1 aromatic heterocycles. The molecule has 1 saturated heterocycles. The van der Waals surface area contributed by atoms with E-state index in [0.717, 1.165) is 58.2 Å². The van der Waals surface area contributed by atoms with E-state index in [1.54, 1.807) is 12.1 Å². The van der Waals surface area contributed by atoms with E-state index < -0.39 is 11.9 Å². The third-order valence-corrected chi connectivity index (χ3v) is 8.89. The molecular weight excluding hydrogens is 439 g/mol. The largest absolute Gasteiger partial charge is 0.412 e. The highest BCUT2D eigenvalue weighted by Crippen LogP contribution is 2.46. The Morgan fingerprint density at radius 3 is 2.94 bits per heavy atom. The van der Waals surface area contributed by atoms with Crippen molar-refractivity contribution in [2.45, 2.75) is 70.1 Å². The second-order valence-corrected chi connectivity index (χ2v) is 11.0. The van der Waals surface area contributed by atoms with Crippen LogP contribution in [0.25, 0.3) is 0 Å². The van der Waals surface area contributed by atoms with Crippen molar-refractivity contribution >= 4 is 17.4 Å². The van der Waals surface area contributed by atoms with Crippen LogP contribution in [-0.4, -0.2) is 42.8 Å². The summed E-state index contributed by atoms with van der Waals surface area (Å²) in [5, 5.41) is 2.87. The second-order valence-electron chi connectivity index (χ2n) is 9.79. The predicted molar refractivity (Wildman–Crippen MR) is 127 cm³/mol. The number of nitrogens with zero attached hydrogens (tertiary/aromatic N) is 1. The van der Waals surface area contributed by atoms with Crippen molar-refractivity contribution in [1.82, 2.24) is 10.2 Å². The molecule has 2 fully saturated rings. The molecule has 1 aliphatic carbocycles. The molecule has 3 aliphatic rings. The summed E-state index contributed by atoms with van der Waals surface area (Å²) in [6.07, 6.45) is 5.54.